The molecule has 0 fully saturated rings. The second-order valence-electron chi connectivity index (χ2n) is 5.87. The van der Waals surface area contributed by atoms with Crippen LogP contribution in [0.1, 0.15) is 43.7 Å². The van der Waals surface area contributed by atoms with Crippen molar-refractivity contribution < 1.29 is 14.0 Å². The lowest BCUT2D eigenvalue weighted by Gasteiger charge is -2.22. The standard InChI is InChI=1S/C17H26N4O3.HI/c1-5-13-9-14(24-21-13)10-19-16(18-6-2)20-11-17(4,22)15-8-7-12(3)23-15;/h7-9,22H,5-6,10-11H2,1-4H3,(H2,18,19,20);1H. The second kappa shape index (κ2) is 9.81. The highest BCUT2D eigenvalue weighted by Crippen LogP contribution is 2.21. The first kappa shape index (κ1) is 21.5. The van der Waals surface area contributed by atoms with E-state index in [0.29, 0.717) is 30.6 Å². The summed E-state index contributed by atoms with van der Waals surface area (Å²) in [6.45, 7) is 8.91. The molecule has 0 radical (unpaired) electrons. The average molecular weight is 462 g/mol. The maximum absolute atomic E-state index is 10.6. The first-order valence-electron chi connectivity index (χ1n) is 8.20. The third-order valence-corrected chi connectivity index (χ3v) is 3.58. The molecule has 2 heterocycles. The Morgan fingerprint density at radius 2 is 2.08 bits per heavy atom. The molecule has 0 aliphatic carbocycles. The van der Waals surface area contributed by atoms with E-state index in [1.807, 2.05) is 32.9 Å². The van der Waals surface area contributed by atoms with Gasteiger partial charge in [-0.15, -0.1) is 24.0 Å². The summed E-state index contributed by atoms with van der Waals surface area (Å²) in [5.41, 5.74) is -0.221. The lowest BCUT2D eigenvalue weighted by Crippen LogP contribution is -2.44. The van der Waals surface area contributed by atoms with Crippen LogP contribution in [0, 0.1) is 6.92 Å². The van der Waals surface area contributed by atoms with Crippen LogP contribution in [0.2, 0.25) is 0 Å². The lowest BCUT2D eigenvalue weighted by molar-refractivity contribution is 0.0378. The summed E-state index contributed by atoms with van der Waals surface area (Å²) in [5, 5.41) is 20.8. The Balaban J connectivity index is 0.00000312. The van der Waals surface area contributed by atoms with Crippen molar-refractivity contribution in [3.05, 3.63) is 41.2 Å². The largest absolute Gasteiger partial charge is 0.463 e. The van der Waals surface area contributed by atoms with E-state index in [9.17, 15) is 5.11 Å². The van der Waals surface area contributed by atoms with Crippen molar-refractivity contribution in [2.24, 2.45) is 4.99 Å². The van der Waals surface area contributed by atoms with Crippen molar-refractivity contribution in [3.63, 3.8) is 0 Å². The molecule has 0 aliphatic rings. The number of furan rings is 1. The summed E-state index contributed by atoms with van der Waals surface area (Å²) in [7, 11) is 0. The molecule has 8 heteroatoms. The number of nitrogens with one attached hydrogen (secondary N) is 2. The molecule has 2 aromatic heterocycles. The maximum Gasteiger partial charge on any atom is 0.191 e. The number of hydrogen-bond acceptors (Lipinski definition) is 5. The molecule has 25 heavy (non-hydrogen) atoms. The van der Waals surface area contributed by atoms with Gasteiger partial charge in [0.15, 0.2) is 11.7 Å². The molecule has 0 saturated carbocycles. The molecule has 2 rings (SSSR count). The number of hydrogen-bond donors (Lipinski definition) is 3. The highest BCUT2D eigenvalue weighted by molar-refractivity contribution is 14.0. The van der Waals surface area contributed by atoms with Crippen molar-refractivity contribution in [3.8, 4) is 0 Å². The van der Waals surface area contributed by atoms with Gasteiger partial charge in [-0.25, -0.2) is 4.99 Å². The molecule has 2 aromatic rings. The predicted octanol–water partition coefficient (Wildman–Crippen LogP) is 2.72. The molecule has 1 atom stereocenters. The number of halogens is 1. The monoisotopic (exact) mass is 462 g/mol. The van der Waals surface area contributed by atoms with Crippen LogP contribution in [0.3, 0.4) is 0 Å². The number of guanidine groups is 1. The van der Waals surface area contributed by atoms with E-state index in [1.54, 1.807) is 13.0 Å². The van der Waals surface area contributed by atoms with Crippen LogP contribution in [0.4, 0.5) is 0 Å². The highest BCUT2D eigenvalue weighted by Gasteiger charge is 2.27. The van der Waals surface area contributed by atoms with Gasteiger partial charge in [0.05, 0.1) is 12.2 Å². The van der Waals surface area contributed by atoms with E-state index in [-0.39, 0.29) is 30.5 Å². The van der Waals surface area contributed by atoms with E-state index in [0.717, 1.165) is 17.9 Å². The molecular weight excluding hydrogens is 435 g/mol. The van der Waals surface area contributed by atoms with Gasteiger partial charge >= 0.3 is 0 Å². The number of aliphatic imine (C=N–C) groups is 1. The first-order valence-corrected chi connectivity index (χ1v) is 8.20. The van der Waals surface area contributed by atoms with Crippen LogP contribution in [0.5, 0.6) is 0 Å². The lowest BCUT2D eigenvalue weighted by atomic mass is 10.0. The molecule has 0 bridgehead atoms. The van der Waals surface area contributed by atoms with Gasteiger partial charge in [0.1, 0.15) is 23.7 Å². The number of aryl methyl sites for hydroxylation is 2. The molecule has 0 aliphatic heterocycles. The fourth-order valence-electron chi connectivity index (χ4n) is 2.16. The van der Waals surface area contributed by atoms with Crippen LogP contribution in [0.15, 0.2) is 32.1 Å². The fourth-order valence-corrected chi connectivity index (χ4v) is 2.16. The molecule has 140 valence electrons. The Hall–Kier alpha value is -1.55. The van der Waals surface area contributed by atoms with Crippen molar-refractivity contribution in [1.82, 2.24) is 15.8 Å². The molecular formula is C17H27IN4O3. The Bertz CT molecular complexity index is 679. The van der Waals surface area contributed by atoms with Crippen molar-refractivity contribution in [2.75, 3.05) is 13.1 Å². The summed E-state index contributed by atoms with van der Waals surface area (Å²) in [4.78, 5) is 4.45. The highest BCUT2D eigenvalue weighted by atomic mass is 127. The Morgan fingerprint density at radius 3 is 2.64 bits per heavy atom. The second-order valence-corrected chi connectivity index (χ2v) is 5.87. The zero-order valence-corrected chi connectivity index (χ0v) is 17.5. The third-order valence-electron chi connectivity index (χ3n) is 3.58. The molecule has 0 spiro atoms. The number of nitrogens with zero attached hydrogens (tertiary/aromatic N) is 2. The Labute approximate surface area is 165 Å². The van der Waals surface area contributed by atoms with Gasteiger partial charge in [-0.3, -0.25) is 0 Å². The van der Waals surface area contributed by atoms with Crippen LogP contribution in [-0.4, -0.2) is 29.3 Å². The minimum Gasteiger partial charge on any atom is -0.463 e. The van der Waals surface area contributed by atoms with E-state index >= 15 is 0 Å². The van der Waals surface area contributed by atoms with Gasteiger partial charge in [0.2, 0.25) is 0 Å². The minimum atomic E-state index is -1.13. The number of aromatic nitrogens is 1. The van der Waals surface area contributed by atoms with Crippen molar-refractivity contribution in [2.45, 2.75) is 46.3 Å². The van der Waals surface area contributed by atoms with Gasteiger partial charge in [-0.05, 0) is 39.3 Å². The molecule has 0 aromatic carbocycles. The van der Waals surface area contributed by atoms with Crippen LogP contribution in [0.25, 0.3) is 0 Å². The smallest absolute Gasteiger partial charge is 0.191 e. The average Bonchev–Trinajstić information content (AvgIpc) is 3.19. The maximum atomic E-state index is 10.6. The van der Waals surface area contributed by atoms with Gasteiger partial charge in [-0.2, -0.15) is 0 Å². The van der Waals surface area contributed by atoms with Crippen molar-refractivity contribution >= 4 is 29.9 Å². The Kier molecular flexibility index (Phi) is 8.43. The van der Waals surface area contributed by atoms with Crippen LogP contribution < -0.4 is 10.6 Å². The number of rotatable bonds is 7. The first-order chi connectivity index (χ1) is 11.4. The summed E-state index contributed by atoms with van der Waals surface area (Å²) < 4.78 is 10.7. The summed E-state index contributed by atoms with van der Waals surface area (Å²) in [6, 6.07) is 5.51. The molecule has 3 N–H and O–H groups in total. The van der Waals surface area contributed by atoms with Gasteiger partial charge < -0.3 is 24.7 Å². The van der Waals surface area contributed by atoms with E-state index in [2.05, 4.69) is 20.8 Å². The normalized spacial score (nSPS) is 13.9. The van der Waals surface area contributed by atoms with Gasteiger partial charge in [-0.1, -0.05) is 12.1 Å². The number of aliphatic hydroxyl groups is 1. The summed E-state index contributed by atoms with van der Waals surface area (Å²) in [5.74, 6) is 2.59. The van der Waals surface area contributed by atoms with Crippen molar-refractivity contribution in [1.29, 1.82) is 0 Å². The SMILES string of the molecule is CCNC(=NCc1cc(CC)no1)NCC(C)(O)c1ccc(C)o1.I. The quantitative estimate of drug-likeness (QED) is 0.333. The fraction of sp³-hybridized carbons (Fsp3) is 0.529. The predicted molar refractivity (Wildman–Crippen MR) is 107 cm³/mol. The zero-order chi connectivity index (χ0) is 17.6. The van der Waals surface area contributed by atoms with E-state index in [1.165, 1.54) is 0 Å². The molecule has 0 amide bonds. The summed E-state index contributed by atoms with van der Waals surface area (Å²) in [6.07, 6.45) is 0.830. The summed E-state index contributed by atoms with van der Waals surface area (Å²) >= 11 is 0. The Morgan fingerprint density at radius 1 is 1.32 bits per heavy atom. The third kappa shape index (κ3) is 6.35. The molecule has 1 unspecified atom stereocenters. The van der Waals surface area contributed by atoms with E-state index < -0.39 is 5.60 Å². The van der Waals surface area contributed by atoms with Crippen LogP contribution in [-0.2, 0) is 18.6 Å². The van der Waals surface area contributed by atoms with Gasteiger partial charge in [0.25, 0.3) is 0 Å². The molecule has 0 saturated heterocycles. The van der Waals surface area contributed by atoms with Crippen LogP contribution >= 0.6 is 24.0 Å². The van der Waals surface area contributed by atoms with Gasteiger partial charge in [0, 0.05) is 12.6 Å². The topological polar surface area (TPSA) is 95.8 Å². The van der Waals surface area contributed by atoms with E-state index in [4.69, 9.17) is 8.94 Å². The minimum absolute atomic E-state index is 0. The molecule has 7 nitrogen and oxygen atoms in total. The zero-order valence-electron chi connectivity index (χ0n) is 15.1.